The molecule has 0 saturated carbocycles. The predicted octanol–water partition coefficient (Wildman–Crippen LogP) is 4.36. The van der Waals surface area contributed by atoms with Crippen LogP contribution in [0.5, 0.6) is 5.75 Å². The number of carbonyl (C=O) groups excluding carboxylic acids is 1. The summed E-state index contributed by atoms with van der Waals surface area (Å²) in [6.07, 6.45) is 1.40. The second-order valence-electron chi connectivity index (χ2n) is 4.60. The molecule has 0 N–H and O–H groups in total. The van der Waals surface area contributed by atoms with Crippen LogP contribution in [0.25, 0.3) is 10.8 Å². The van der Waals surface area contributed by atoms with Crippen molar-refractivity contribution in [1.29, 1.82) is 0 Å². The Balaban J connectivity index is 1.61. The second kappa shape index (κ2) is 7.22. The summed E-state index contributed by atoms with van der Waals surface area (Å²) in [5, 5.41) is 1.90. The highest BCUT2D eigenvalue weighted by Crippen LogP contribution is 2.24. The minimum absolute atomic E-state index is 0.0896. The standard InChI is InChI=1S/C16H11F2NO4S/c17-16(18)23-12-4-1-3-10(7-12)15(20)22-9-11-8-21-14(19-11)13-5-2-6-24-13/h1-8,16H,9H2. The summed E-state index contributed by atoms with van der Waals surface area (Å²) in [6.45, 7) is -3.05. The lowest BCUT2D eigenvalue weighted by molar-refractivity contribution is -0.0499. The monoisotopic (exact) mass is 351 g/mol. The van der Waals surface area contributed by atoms with E-state index >= 15 is 0 Å². The van der Waals surface area contributed by atoms with Crippen LogP contribution < -0.4 is 4.74 Å². The van der Waals surface area contributed by atoms with Crippen LogP contribution in [-0.4, -0.2) is 17.6 Å². The highest BCUT2D eigenvalue weighted by molar-refractivity contribution is 7.13. The zero-order chi connectivity index (χ0) is 16.9. The molecule has 8 heteroatoms. The number of halogens is 2. The largest absolute Gasteiger partial charge is 0.455 e. The molecule has 0 atom stereocenters. The number of carbonyl (C=O) groups is 1. The number of thiophene rings is 1. The zero-order valence-corrected chi connectivity index (χ0v) is 13.0. The molecule has 2 aromatic heterocycles. The molecule has 2 heterocycles. The van der Waals surface area contributed by atoms with E-state index < -0.39 is 12.6 Å². The third-order valence-corrected chi connectivity index (χ3v) is 3.79. The minimum Gasteiger partial charge on any atom is -0.455 e. The van der Waals surface area contributed by atoms with Crippen molar-refractivity contribution in [3.8, 4) is 16.5 Å². The lowest BCUT2D eigenvalue weighted by Gasteiger charge is -2.06. The lowest BCUT2D eigenvalue weighted by atomic mass is 10.2. The molecule has 0 aliphatic rings. The Bertz CT molecular complexity index is 817. The number of benzene rings is 1. The first kappa shape index (κ1) is 16.1. The number of hydrogen-bond donors (Lipinski definition) is 0. The summed E-state index contributed by atoms with van der Waals surface area (Å²) in [6, 6.07) is 9.13. The van der Waals surface area contributed by atoms with Crippen LogP contribution in [0.2, 0.25) is 0 Å². The first-order valence-corrected chi connectivity index (χ1v) is 7.70. The number of esters is 1. The number of hydrogen-bond acceptors (Lipinski definition) is 6. The SMILES string of the molecule is O=C(OCc1coc(-c2cccs2)n1)c1cccc(OC(F)F)c1. The maximum atomic E-state index is 12.2. The number of oxazole rings is 1. The third kappa shape index (κ3) is 3.96. The van der Waals surface area contributed by atoms with Crippen LogP contribution in [0.1, 0.15) is 16.1 Å². The number of ether oxygens (including phenoxy) is 2. The topological polar surface area (TPSA) is 61.6 Å². The van der Waals surface area contributed by atoms with Gasteiger partial charge in [-0.15, -0.1) is 11.3 Å². The fraction of sp³-hybridized carbons (Fsp3) is 0.125. The Hall–Kier alpha value is -2.74. The summed E-state index contributed by atoms with van der Waals surface area (Å²) >= 11 is 1.48. The molecule has 0 radical (unpaired) electrons. The fourth-order valence-corrected chi connectivity index (χ4v) is 2.56. The number of aromatic nitrogens is 1. The maximum Gasteiger partial charge on any atom is 0.387 e. The Morgan fingerprint density at radius 3 is 2.92 bits per heavy atom. The highest BCUT2D eigenvalue weighted by atomic mass is 32.1. The first-order valence-electron chi connectivity index (χ1n) is 6.82. The van der Waals surface area contributed by atoms with Crippen molar-refractivity contribution in [3.05, 3.63) is 59.3 Å². The molecule has 3 rings (SSSR count). The van der Waals surface area contributed by atoms with E-state index in [0.717, 1.165) is 4.88 Å². The lowest BCUT2D eigenvalue weighted by Crippen LogP contribution is -2.07. The van der Waals surface area contributed by atoms with Gasteiger partial charge in [0.05, 0.1) is 10.4 Å². The van der Waals surface area contributed by atoms with Gasteiger partial charge in [0, 0.05) is 0 Å². The van der Waals surface area contributed by atoms with Gasteiger partial charge in [-0.2, -0.15) is 8.78 Å². The Morgan fingerprint density at radius 1 is 1.29 bits per heavy atom. The summed E-state index contributed by atoms with van der Waals surface area (Å²) in [7, 11) is 0. The predicted molar refractivity (Wildman–Crippen MR) is 82.0 cm³/mol. The van der Waals surface area contributed by atoms with Crippen LogP contribution in [0.4, 0.5) is 8.78 Å². The molecule has 0 bridgehead atoms. The molecule has 3 aromatic rings. The molecule has 0 unspecified atom stereocenters. The third-order valence-electron chi connectivity index (χ3n) is 2.93. The van der Waals surface area contributed by atoms with Crippen LogP contribution in [0.15, 0.2) is 52.5 Å². The molecule has 1 aromatic carbocycles. The Labute approximate surface area is 139 Å². The second-order valence-corrected chi connectivity index (χ2v) is 5.55. The van der Waals surface area contributed by atoms with Crippen LogP contribution >= 0.6 is 11.3 Å². The van der Waals surface area contributed by atoms with E-state index in [0.29, 0.717) is 11.6 Å². The summed E-state index contributed by atoms with van der Waals surface area (Å²) in [4.78, 5) is 17.1. The summed E-state index contributed by atoms with van der Waals surface area (Å²) in [5.41, 5.74) is 0.557. The number of alkyl halides is 2. The van der Waals surface area contributed by atoms with Gasteiger partial charge in [0.1, 0.15) is 24.3 Å². The van der Waals surface area contributed by atoms with Crippen LogP contribution in [-0.2, 0) is 11.3 Å². The highest BCUT2D eigenvalue weighted by Gasteiger charge is 2.13. The van der Waals surface area contributed by atoms with E-state index in [4.69, 9.17) is 9.15 Å². The van der Waals surface area contributed by atoms with Gasteiger partial charge >= 0.3 is 12.6 Å². The molecule has 0 aliphatic carbocycles. The summed E-state index contributed by atoms with van der Waals surface area (Å²) in [5.74, 6) is -0.334. The van der Waals surface area contributed by atoms with Crippen molar-refractivity contribution in [3.63, 3.8) is 0 Å². The first-order chi connectivity index (χ1) is 11.6. The molecule has 0 aliphatic heterocycles. The van der Waals surface area contributed by atoms with Gasteiger partial charge in [0.2, 0.25) is 5.89 Å². The average Bonchev–Trinajstić information content (AvgIpc) is 3.23. The van der Waals surface area contributed by atoms with Crippen molar-refractivity contribution >= 4 is 17.3 Å². The molecule has 124 valence electrons. The molecular formula is C16H11F2NO4S. The van der Waals surface area contributed by atoms with Crippen molar-refractivity contribution < 1.29 is 27.5 Å². The zero-order valence-electron chi connectivity index (χ0n) is 12.1. The van der Waals surface area contributed by atoms with Gasteiger partial charge in [-0.3, -0.25) is 0 Å². The van der Waals surface area contributed by atoms with E-state index in [-0.39, 0.29) is 17.9 Å². The van der Waals surface area contributed by atoms with Crippen LogP contribution in [0, 0.1) is 0 Å². The molecule has 0 spiro atoms. The Kier molecular flexibility index (Phi) is 4.85. The van der Waals surface area contributed by atoms with E-state index in [2.05, 4.69) is 9.72 Å². The van der Waals surface area contributed by atoms with E-state index in [1.165, 1.54) is 41.9 Å². The van der Waals surface area contributed by atoms with Gasteiger partial charge in [-0.1, -0.05) is 12.1 Å². The van der Waals surface area contributed by atoms with Gasteiger partial charge in [-0.25, -0.2) is 9.78 Å². The maximum absolute atomic E-state index is 12.2. The van der Waals surface area contributed by atoms with Gasteiger partial charge < -0.3 is 13.9 Å². The number of rotatable bonds is 6. The quantitative estimate of drug-likeness (QED) is 0.618. The minimum atomic E-state index is -2.96. The van der Waals surface area contributed by atoms with Gasteiger partial charge in [-0.05, 0) is 29.6 Å². The van der Waals surface area contributed by atoms with Crippen molar-refractivity contribution in [2.75, 3.05) is 0 Å². The van der Waals surface area contributed by atoms with Crippen molar-refractivity contribution in [2.24, 2.45) is 0 Å². The number of nitrogens with zero attached hydrogens (tertiary/aromatic N) is 1. The molecule has 24 heavy (non-hydrogen) atoms. The van der Waals surface area contributed by atoms with Gasteiger partial charge in [0.15, 0.2) is 0 Å². The normalized spacial score (nSPS) is 10.8. The molecule has 0 saturated heterocycles. The van der Waals surface area contributed by atoms with Crippen molar-refractivity contribution in [1.82, 2.24) is 4.98 Å². The van der Waals surface area contributed by atoms with Gasteiger partial charge in [0.25, 0.3) is 0 Å². The fourth-order valence-electron chi connectivity index (χ4n) is 1.91. The molecule has 0 amide bonds. The smallest absolute Gasteiger partial charge is 0.387 e. The Morgan fingerprint density at radius 2 is 2.17 bits per heavy atom. The van der Waals surface area contributed by atoms with Crippen LogP contribution in [0.3, 0.4) is 0 Å². The van der Waals surface area contributed by atoms with Crippen molar-refractivity contribution in [2.45, 2.75) is 13.2 Å². The average molecular weight is 351 g/mol. The van der Waals surface area contributed by atoms with E-state index in [1.807, 2.05) is 17.5 Å². The van der Waals surface area contributed by atoms with E-state index in [1.54, 1.807) is 0 Å². The molecule has 0 fully saturated rings. The molecular weight excluding hydrogens is 340 g/mol. The summed E-state index contributed by atoms with van der Waals surface area (Å²) < 4.78 is 39.0. The van der Waals surface area contributed by atoms with E-state index in [9.17, 15) is 13.6 Å². The molecule has 5 nitrogen and oxygen atoms in total.